The van der Waals surface area contributed by atoms with Gasteiger partial charge in [0.15, 0.2) is 5.78 Å². The number of benzene rings is 3. The SMILES string of the molecule is COc1ccc(C(=O)Nc2cccc(/C=C/C(=O)c3cccc(OC)c3)c2)cc1. The molecule has 0 aliphatic rings. The molecule has 5 nitrogen and oxygen atoms in total. The lowest BCUT2D eigenvalue weighted by molar-refractivity contribution is 0.102. The molecule has 146 valence electrons. The van der Waals surface area contributed by atoms with E-state index in [9.17, 15) is 9.59 Å². The summed E-state index contributed by atoms with van der Waals surface area (Å²) in [6.07, 6.45) is 3.21. The molecule has 0 radical (unpaired) electrons. The van der Waals surface area contributed by atoms with E-state index in [1.165, 1.54) is 6.08 Å². The van der Waals surface area contributed by atoms with Crippen molar-refractivity contribution in [1.82, 2.24) is 0 Å². The van der Waals surface area contributed by atoms with Gasteiger partial charge in [0, 0.05) is 16.8 Å². The molecule has 0 saturated carbocycles. The maximum atomic E-state index is 12.4. The molecule has 0 aromatic heterocycles. The van der Waals surface area contributed by atoms with Crippen molar-refractivity contribution in [1.29, 1.82) is 0 Å². The number of ketones is 1. The lowest BCUT2D eigenvalue weighted by Gasteiger charge is -2.07. The number of carbonyl (C=O) groups excluding carboxylic acids is 2. The summed E-state index contributed by atoms with van der Waals surface area (Å²) in [5, 5.41) is 2.86. The minimum Gasteiger partial charge on any atom is -0.497 e. The average molecular weight is 387 g/mol. The van der Waals surface area contributed by atoms with Gasteiger partial charge in [0.2, 0.25) is 0 Å². The minimum absolute atomic E-state index is 0.128. The Hall–Kier alpha value is -3.86. The maximum Gasteiger partial charge on any atom is 0.255 e. The molecule has 3 aromatic carbocycles. The predicted molar refractivity (Wildman–Crippen MR) is 114 cm³/mol. The Morgan fingerprint density at radius 1 is 0.793 bits per heavy atom. The summed E-state index contributed by atoms with van der Waals surface area (Å²) in [5.41, 5.74) is 2.51. The fourth-order valence-electron chi connectivity index (χ4n) is 2.71. The minimum atomic E-state index is -0.221. The Morgan fingerprint density at radius 3 is 2.24 bits per heavy atom. The van der Waals surface area contributed by atoms with E-state index in [4.69, 9.17) is 9.47 Å². The fraction of sp³-hybridized carbons (Fsp3) is 0.0833. The van der Waals surface area contributed by atoms with Crippen LogP contribution in [0.5, 0.6) is 11.5 Å². The van der Waals surface area contributed by atoms with Crippen LogP contribution in [0.4, 0.5) is 5.69 Å². The first-order chi connectivity index (χ1) is 14.1. The van der Waals surface area contributed by atoms with Gasteiger partial charge >= 0.3 is 0 Å². The van der Waals surface area contributed by atoms with Crippen LogP contribution in [0, 0.1) is 0 Å². The molecule has 0 aliphatic heterocycles. The van der Waals surface area contributed by atoms with Crippen molar-refractivity contribution in [2.75, 3.05) is 19.5 Å². The topological polar surface area (TPSA) is 64.6 Å². The van der Waals surface area contributed by atoms with E-state index in [0.29, 0.717) is 28.3 Å². The molecule has 0 bridgehead atoms. The number of anilines is 1. The second kappa shape index (κ2) is 9.37. The van der Waals surface area contributed by atoms with E-state index in [1.807, 2.05) is 12.1 Å². The third kappa shape index (κ3) is 5.32. The van der Waals surface area contributed by atoms with Crippen LogP contribution in [-0.4, -0.2) is 25.9 Å². The molecule has 0 fully saturated rings. The number of hydrogen-bond acceptors (Lipinski definition) is 4. The zero-order valence-electron chi connectivity index (χ0n) is 16.2. The van der Waals surface area contributed by atoms with Crippen molar-refractivity contribution in [3.63, 3.8) is 0 Å². The number of carbonyl (C=O) groups is 2. The quantitative estimate of drug-likeness (QED) is 0.465. The van der Waals surface area contributed by atoms with E-state index in [-0.39, 0.29) is 11.7 Å². The van der Waals surface area contributed by atoms with Gasteiger partial charge in [-0.3, -0.25) is 9.59 Å². The zero-order chi connectivity index (χ0) is 20.6. The summed E-state index contributed by atoms with van der Waals surface area (Å²) in [4.78, 5) is 24.8. The molecular formula is C24H21NO4. The molecule has 0 spiro atoms. The second-order valence-electron chi connectivity index (χ2n) is 6.24. The number of ether oxygens (including phenoxy) is 2. The first-order valence-corrected chi connectivity index (χ1v) is 9.01. The van der Waals surface area contributed by atoms with E-state index in [1.54, 1.807) is 81.0 Å². The van der Waals surface area contributed by atoms with Crippen molar-refractivity contribution in [2.24, 2.45) is 0 Å². The Morgan fingerprint density at radius 2 is 1.52 bits per heavy atom. The largest absolute Gasteiger partial charge is 0.497 e. The summed E-state index contributed by atoms with van der Waals surface area (Å²) in [5.74, 6) is 0.972. The van der Waals surface area contributed by atoms with Crippen molar-refractivity contribution >= 4 is 23.5 Å². The van der Waals surface area contributed by atoms with Gasteiger partial charge in [0.05, 0.1) is 14.2 Å². The lowest BCUT2D eigenvalue weighted by Crippen LogP contribution is -2.11. The Labute approximate surface area is 169 Å². The highest BCUT2D eigenvalue weighted by atomic mass is 16.5. The van der Waals surface area contributed by atoms with Crippen molar-refractivity contribution in [3.8, 4) is 11.5 Å². The molecule has 0 heterocycles. The third-order valence-corrected chi connectivity index (χ3v) is 4.28. The molecule has 1 amide bonds. The van der Waals surface area contributed by atoms with E-state index in [2.05, 4.69) is 5.32 Å². The van der Waals surface area contributed by atoms with Crippen molar-refractivity contribution in [3.05, 3.63) is 95.6 Å². The molecule has 29 heavy (non-hydrogen) atoms. The van der Waals surface area contributed by atoms with Crippen LogP contribution in [0.25, 0.3) is 6.08 Å². The van der Waals surface area contributed by atoms with Crippen molar-refractivity contribution < 1.29 is 19.1 Å². The summed E-state index contributed by atoms with van der Waals surface area (Å²) >= 11 is 0. The summed E-state index contributed by atoms with van der Waals surface area (Å²) in [6.45, 7) is 0. The number of hydrogen-bond donors (Lipinski definition) is 1. The summed E-state index contributed by atoms with van der Waals surface area (Å²) < 4.78 is 10.2. The monoisotopic (exact) mass is 387 g/mol. The maximum absolute atomic E-state index is 12.4. The fourth-order valence-corrected chi connectivity index (χ4v) is 2.71. The van der Waals surface area contributed by atoms with E-state index in [0.717, 1.165) is 5.56 Å². The van der Waals surface area contributed by atoms with Crippen LogP contribution in [0.3, 0.4) is 0 Å². The second-order valence-corrected chi connectivity index (χ2v) is 6.24. The first-order valence-electron chi connectivity index (χ1n) is 9.01. The smallest absolute Gasteiger partial charge is 0.255 e. The normalized spacial score (nSPS) is 10.6. The molecule has 0 unspecified atom stereocenters. The van der Waals surface area contributed by atoms with E-state index >= 15 is 0 Å². The first kappa shape index (κ1) is 19.9. The van der Waals surface area contributed by atoms with Crippen LogP contribution >= 0.6 is 0 Å². The van der Waals surface area contributed by atoms with E-state index < -0.39 is 0 Å². The Kier molecular flexibility index (Phi) is 6.43. The number of amides is 1. The number of allylic oxidation sites excluding steroid dienone is 1. The van der Waals surface area contributed by atoms with Gasteiger partial charge in [-0.25, -0.2) is 0 Å². The molecule has 0 atom stereocenters. The summed E-state index contributed by atoms with van der Waals surface area (Å²) in [6, 6.07) is 21.1. The van der Waals surface area contributed by atoms with Gasteiger partial charge in [0.1, 0.15) is 11.5 Å². The van der Waals surface area contributed by atoms with Crippen LogP contribution < -0.4 is 14.8 Å². The number of methoxy groups -OCH3 is 2. The van der Waals surface area contributed by atoms with Gasteiger partial charge in [-0.1, -0.05) is 30.3 Å². The van der Waals surface area contributed by atoms with Gasteiger partial charge in [-0.05, 0) is 60.2 Å². The molecule has 1 N–H and O–H groups in total. The highest BCUT2D eigenvalue weighted by Gasteiger charge is 2.07. The Bertz CT molecular complexity index is 1040. The Balaban J connectivity index is 1.69. The van der Waals surface area contributed by atoms with Crippen LogP contribution in [0.15, 0.2) is 78.9 Å². The standard InChI is InChI=1S/C24H21NO4/c1-28-21-12-10-18(11-13-21)24(27)25-20-7-3-5-17(15-20)9-14-23(26)19-6-4-8-22(16-19)29-2/h3-16H,1-2H3,(H,25,27)/b14-9+. The van der Waals surface area contributed by atoms with Crippen molar-refractivity contribution in [2.45, 2.75) is 0 Å². The van der Waals surface area contributed by atoms with Gasteiger partial charge < -0.3 is 14.8 Å². The summed E-state index contributed by atoms with van der Waals surface area (Å²) in [7, 11) is 3.14. The highest BCUT2D eigenvalue weighted by molar-refractivity contribution is 6.07. The van der Waals surface area contributed by atoms with Gasteiger partial charge in [0.25, 0.3) is 5.91 Å². The van der Waals surface area contributed by atoms with Crippen LogP contribution in [0.2, 0.25) is 0 Å². The third-order valence-electron chi connectivity index (χ3n) is 4.28. The molecule has 5 heteroatoms. The van der Waals surface area contributed by atoms with Crippen LogP contribution in [0.1, 0.15) is 26.3 Å². The predicted octanol–water partition coefficient (Wildman–Crippen LogP) is 4.85. The molecule has 0 aliphatic carbocycles. The molecular weight excluding hydrogens is 366 g/mol. The zero-order valence-corrected chi connectivity index (χ0v) is 16.2. The van der Waals surface area contributed by atoms with Gasteiger partial charge in [-0.2, -0.15) is 0 Å². The molecule has 0 saturated heterocycles. The number of nitrogens with one attached hydrogen (secondary N) is 1. The average Bonchev–Trinajstić information content (AvgIpc) is 2.77. The lowest BCUT2D eigenvalue weighted by atomic mass is 10.1. The van der Waals surface area contributed by atoms with Crippen LogP contribution in [-0.2, 0) is 0 Å². The highest BCUT2D eigenvalue weighted by Crippen LogP contribution is 2.17. The van der Waals surface area contributed by atoms with Gasteiger partial charge in [-0.15, -0.1) is 0 Å². The number of rotatable bonds is 7. The molecule has 3 aromatic rings. The molecule has 3 rings (SSSR count).